The molecule has 0 saturated carbocycles. The normalized spacial score (nSPS) is 12.2. The van der Waals surface area contributed by atoms with Crippen molar-refractivity contribution in [1.82, 2.24) is 15.5 Å². The van der Waals surface area contributed by atoms with Gasteiger partial charge in [0.2, 0.25) is 5.06 Å². The number of unbranched alkanes of at least 4 members (excludes halogenated alkanes) is 1. The van der Waals surface area contributed by atoms with Gasteiger partial charge in [0.05, 0.1) is 29.5 Å². The maximum absolute atomic E-state index is 11.6. The van der Waals surface area contributed by atoms with Crippen LogP contribution in [0.1, 0.15) is 48.7 Å². The highest BCUT2D eigenvalue weighted by Crippen LogP contribution is 2.24. The second-order valence-electron chi connectivity index (χ2n) is 5.96. The molecule has 0 radical (unpaired) electrons. The maximum Gasteiger partial charge on any atom is 0.413 e. The predicted molar refractivity (Wildman–Crippen MR) is 95.1 cm³/mol. The second kappa shape index (κ2) is 9.53. The number of hydrogen-bond acceptors (Lipinski definition) is 7. The molecule has 7 nitrogen and oxygen atoms in total. The summed E-state index contributed by atoms with van der Waals surface area (Å²) in [6, 6.07) is -0.349. The largest absolute Gasteiger partial charge is 0.413 e. The van der Waals surface area contributed by atoms with Gasteiger partial charge in [-0.25, -0.2) is 9.78 Å². The summed E-state index contributed by atoms with van der Waals surface area (Å²) in [6.45, 7) is 5.64. The molecule has 2 aromatic rings. The van der Waals surface area contributed by atoms with Crippen molar-refractivity contribution in [2.24, 2.45) is 0 Å². The molecule has 1 atom stereocenters. The monoisotopic (exact) mass is 367 g/mol. The van der Waals surface area contributed by atoms with Crippen LogP contribution >= 0.6 is 11.3 Å². The van der Waals surface area contributed by atoms with Crippen LogP contribution < -0.4 is 10.1 Å². The average Bonchev–Trinajstić information content (AvgIpc) is 3.17. The van der Waals surface area contributed by atoms with Gasteiger partial charge in [-0.1, -0.05) is 29.8 Å². The molecular weight excluding hydrogens is 342 g/mol. The Bertz CT molecular complexity index is 683. The molecule has 2 N–H and O–H groups in total. The molecule has 0 saturated heterocycles. The Morgan fingerprint density at radius 3 is 2.96 bits per heavy atom. The zero-order valence-corrected chi connectivity index (χ0v) is 15.7. The number of carbonyl (C=O) groups is 1. The molecule has 0 bridgehead atoms. The number of thiazole rings is 1. The Morgan fingerprint density at radius 1 is 1.44 bits per heavy atom. The smallest absolute Gasteiger partial charge is 0.397 e. The number of nitrogens with zero attached hydrogens (tertiary/aromatic N) is 2. The Kier molecular flexibility index (Phi) is 7.39. The van der Waals surface area contributed by atoms with Gasteiger partial charge >= 0.3 is 6.09 Å². The molecule has 1 unspecified atom stereocenters. The van der Waals surface area contributed by atoms with Crippen LogP contribution in [0.15, 0.2) is 10.7 Å². The van der Waals surface area contributed by atoms with E-state index in [1.165, 1.54) is 11.3 Å². The molecule has 0 aliphatic rings. The van der Waals surface area contributed by atoms with Crippen molar-refractivity contribution in [3.8, 4) is 5.06 Å². The summed E-state index contributed by atoms with van der Waals surface area (Å²) < 4.78 is 10.5. The third-order valence-corrected chi connectivity index (χ3v) is 4.72. The first-order chi connectivity index (χ1) is 12.0. The third kappa shape index (κ3) is 5.82. The van der Waals surface area contributed by atoms with Gasteiger partial charge in [0, 0.05) is 12.0 Å². The van der Waals surface area contributed by atoms with Gasteiger partial charge in [0.15, 0.2) is 0 Å². The lowest BCUT2D eigenvalue weighted by Gasteiger charge is -2.09. The summed E-state index contributed by atoms with van der Waals surface area (Å²) in [5, 5.41) is 16.9. The van der Waals surface area contributed by atoms with Crippen LogP contribution in [-0.4, -0.2) is 34.0 Å². The number of carbonyl (C=O) groups excluding carboxylic acids is 1. The third-order valence-electron chi connectivity index (χ3n) is 3.79. The van der Waals surface area contributed by atoms with E-state index in [0.717, 1.165) is 54.1 Å². The zero-order valence-electron chi connectivity index (χ0n) is 14.9. The fourth-order valence-electron chi connectivity index (χ4n) is 2.35. The van der Waals surface area contributed by atoms with Gasteiger partial charge in [-0.3, -0.25) is 0 Å². The molecule has 0 aliphatic heterocycles. The van der Waals surface area contributed by atoms with Crippen molar-refractivity contribution in [1.29, 1.82) is 0 Å². The number of aliphatic hydroxyl groups is 1. The quantitative estimate of drug-likeness (QED) is 0.707. The minimum atomic E-state index is -0.589. The van der Waals surface area contributed by atoms with Crippen LogP contribution in [0.2, 0.25) is 0 Å². The van der Waals surface area contributed by atoms with E-state index in [2.05, 4.69) is 22.4 Å². The van der Waals surface area contributed by atoms with Crippen LogP contribution in [0, 0.1) is 6.92 Å². The van der Waals surface area contributed by atoms with Crippen molar-refractivity contribution in [3.05, 3.63) is 28.2 Å². The first-order valence-electron chi connectivity index (χ1n) is 8.51. The molecule has 138 valence electrons. The SMILES string of the molecule is CCCCc1noc(C)c1CCc1ncc(OC(=O)NC(C)CO)s1. The minimum Gasteiger partial charge on any atom is -0.397 e. The Balaban J connectivity index is 1.89. The zero-order chi connectivity index (χ0) is 18.2. The van der Waals surface area contributed by atoms with Crippen LogP contribution in [0.4, 0.5) is 4.79 Å². The highest BCUT2D eigenvalue weighted by atomic mass is 32.1. The van der Waals surface area contributed by atoms with Crippen LogP contribution in [-0.2, 0) is 19.3 Å². The van der Waals surface area contributed by atoms with E-state index in [4.69, 9.17) is 14.4 Å². The lowest BCUT2D eigenvalue weighted by molar-refractivity contribution is 0.187. The van der Waals surface area contributed by atoms with E-state index >= 15 is 0 Å². The molecule has 0 fully saturated rings. The lowest BCUT2D eigenvalue weighted by atomic mass is 10.0. The van der Waals surface area contributed by atoms with Crippen molar-refractivity contribution < 1.29 is 19.2 Å². The van der Waals surface area contributed by atoms with E-state index < -0.39 is 6.09 Å². The molecule has 2 rings (SSSR count). The maximum atomic E-state index is 11.6. The first kappa shape index (κ1) is 19.4. The van der Waals surface area contributed by atoms with E-state index in [1.807, 2.05) is 6.92 Å². The van der Waals surface area contributed by atoms with Gasteiger partial charge < -0.3 is 19.7 Å². The van der Waals surface area contributed by atoms with Crippen LogP contribution in [0.25, 0.3) is 0 Å². The number of ether oxygens (including phenoxy) is 1. The van der Waals surface area contributed by atoms with E-state index in [1.54, 1.807) is 13.1 Å². The van der Waals surface area contributed by atoms with Crippen LogP contribution in [0.5, 0.6) is 5.06 Å². The highest BCUT2D eigenvalue weighted by molar-refractivity contribution is 7.13. The van der Waals surface area contributed by atoms with Gasteiger partial charge in [0.1, 0.15) is 5.76 Å². The summed E-state index contributed by atoms with van der Waals surface area (Å²) in [4.78, 5) is 15.9. The number of aryl methyl sites for hydroxylation is 3. The topological polar surface area (TPSA) is 97.5 Å². The molecule has 1 amide bonds. The fourth-order valence-corrected chi connectivity index (χ4v) is 3.12. The summed E-state index contributed by atoms with van der Waals surface area (Å²) in [5.41, 5.74) is 2.19. The van der Waals surface area contributed by atoms with Crippen molar-refractivity contribution >= 4 is 17.4 Å². The number of aliphatic hydroxyl groups excluding tert-OH is 1. The van der Waals surface area contributed by atoms with E-state index in [-0.39, 0.29) is 12.6 Å². The average molecular weight is 367 g/mol. The number of hydrogen-bond donors (Lipinski definition) is 2. The Morgan fingerprint density at radius 2 is 2.24 bits per heavy atom. The van der Waals surface area contributed by atoms with Gasteiger partial charge in [-0.05, 0) is 33.1 Å². The standard InChI is InChI=1S/C17H25N3O4S/c1-4-5-6-14-13(12(3)24-20-14)7-8-15-18-9-16(25-15)23-17(22)19-11(2)10-21/h9,11,21H,4-8,10H2,1-3H3,(H,19,22). The molecule has 0 spiro atoms. The van der Waals surface area contributed by atoms with Crippen molar-refractivity contribution in [3.63, 3.8) is 0 Å². The fraction of sp³-hybridized carbons (Fsp3) is 0.588. The minimum absolute atomic E-state index is 0.137. The molecule has 2 aromatic heterocycles. The number of nitrogens with one attached hydrogen (secondary N) is 1. The van der Waals surface area contributed by atoms with Gasteiger partial charge in [-0.2, -0.15) is 0 Å². The van der Waals surface area contributed by atoms with Crippen molar-refractivity contribution in [2.75, 3.05) is 6.61 Å². The van der Waals surface area contributed by atoms with E-state index in [9.17, 15) is 4.79 Å². The lowest BCUT2D eigenvalue weighted by Crippen LogP contribution is -2.36. The summed E-state index contributed by atoms with van der Waals surface area (Å²) >= 11 is 1.34. The predicted octanol–water partition coefficient (Wildman–Crippen LogP) is 3.04. The molecule has 25 heavy (non-hydrogen) atoms. The summed E-state index contributed by atoms with van der Waals surface area (Å²) in [6.07, 6.45) is 5.64. The highest BCUT2D eigenvalue weighted by Gasteiger charge is 2.15. The molecule has 8 heteroatoms. The second-order valence-corrected chi connectivity index (χ2v) is 7.04. The van der Waals surface area contributed by atoms with Gasteiger partial charge in [0.25, 0.3) is 0 Å². The molecular formula is C17H25N3O4S. The number of aromatic nitrogens is 2. The molecule has 0 aliphatic carbocycles. The summed E-state index contributed by atoms with van der Waals surface area (Å²) in [7, 11) is 0. The van der Waals surface area contributed by atoms with Gasteiger partial charge in [-0.15, -0.1) is 0 Å². The van der Waals surface area contributed by atoms with Crippen molar-refractivity contribution in [2.45, 2.75) is 58.9 Å². The number of rotatable bonds is 9. The van der Waals surface area contributed by atoms with E-state index in [0.29, 0.717) is 5.06 Å². The Labute approximate surface area is 151 Å². The number of amides is 1. The first-order valence-corrected chi connectivity index (χ1v) is 9.33. The van der Waals surface area contributed by atoms with Crippen LogP contribution in [0.3, 0.4) is 0 Å². The molecule has 2 heterocycles. The molecule has 0 aromatic carbocycles. The summed E-state index contributed by atoms with van der Waals surface area (Å²) in [5.74, 6) is 0.858. The Hall–Kier alpha value is -1.93.